The van der Waals surface area contributed by atoms with Crippen molar-refractivity contribution in [1.29, 1.82) is 0 Å². The number of nitrogens with one attached hydrogen (secondary N) is 1. The van der Waals surface area contributed by atoms with E-state index in [2.05, 4.69) is 17.4 Å². The summed E-state index contributed by atoms with van der Waals surface area (Å²) in [5.74, 6) is -0.792. The monoisotopic (exact) mass is 323 g/mol. The van der Waals surface area contributed by atoms with E-state index < -0.39 is 5.97 Å². The Hall–Kier alpha value is -2.62. The number of carbonyl (C=O) groups is 2. The average Bonchev–Trinajstić information content (AvgIpc) is 3.37. The summed E-state index contributed by atoms with van der Waals surface area (Å²) in [4.78, 5) is 23.3. The van der Waals surface area contributed by atoms with Gasteiger partial charge in [0.15, 0.2) is 0 Å². The Morgan fingerprint density at radius 1 is 0.958 bits per heavy atom. The third kappa shape index (κ3) is 3.82. The van der Waals surface area contributed by atoms with Gasteiger partial charge in [-0.3, -0.25) is 4.79 Å². The predicted molar refractivity (Wildman–Crippen MR) is 91.9 cm³/mol. The Bertz CT molecular complexity index is 718. The maximum absolute atomic E-state index is 12.5. The number of hydrogen-bond donors (Lipinski definition) is 2. The molecule has 1 fully saturated rings. The number of amides is 1. The fraction of sp³-hybridized carbons (Fsp3) is 0.300. The first-order valence-electron chi connectivity index (χ1n) is 8.24. The molecule has 0 bridgehead atoms. The molecule has 2 N–H and O–H groups in total. The first kappa shape index (κ1) is 16.2. The predicted octanol–water partition coefficient (Wildman–Crippen LogP) is 3.07. The normalized spacial score (nSPS) is 14.8. The van der Waals surface area contributed by atoms with Crippen LogP contribution < -0.4 is 5.32 Å². The van der Waals surface area contributed by atoms with Crippen LogP contribution >= 0.6 is 0 Å². The Balaban J connectivity index is 1.49. The molecular weight excluding hydrogens is 302 g/mol. The Labute approximate surface area is 141 Å². The first-order valence-corrected chi connectivity index (χ1v) is 8.24. The van der Waals surface area contributed by atoms with E-state index in [0.717, 1.165) is 24.8 Å². The fourth-order valence-electron chi connectivity index (χ4n) is 2.94. The molecule has 4 nitrogen and oxygen atoms in total. The lowest BCUT2D eigenvalue weighted by Crippen LogP contribution is -2.34. The van der Waals surface area contributed by atoms with Crippen molar-refractivity contribution >= 4 is 11.9 Å². The number of benzene rings is 2. The van der Waals surface area contributed by atoms with Gasteiger partial charge in [-0.2, -0.15) is 0 Å². The van der Waals surface area contributed by atoms with Crippen LogP contribution in [0.1, 0.15) is 34.3 Å². The molecule has 124 valence electrons. The minimum Gasteiger partial charge on any atom is -0.478 e. The van der Waals surface area contributed by atoms with Crippen molar-refractivity contribution in [3.63, 3.8) is 0 Å². The van der Waals surface area contributed by atoms with Crippen molar-refractivity contribution in [2.45, 2.75) is 25.7 Å². The van der Waals surface area contributed by atoms with Gasteiger partial charge >= 0.3 is 5.97 Å². The smallest absolute Gasteiger partial charge is 0.335 e. The van der Waals surface area contributed by atoms with Crippen LogP contribution in [-0.4, -0.2) is 23.5 Å². The van der Waals surface area contributed by atoms with Gasteiger partial charge in [-0.15, -0.1) is 0 Å². The van der Waals surface area contributed by atoms with Crippen molar-refractivity contribution in [3.8, 4) is 0 Å². The molecule has 0 unspecified atom stereocenters. The highest BCUT2D eigenvalue weighted by Crippen LogP contribution is 2.48. The highest BCUT2D eigenvalue weighted by Gasteiger charge is 2.49. The van der Waals surface area contributed by atoms with Crippen LogP contribution in [0.2, 0.25) is 0 Å². The van der Waals surface area contributed by atoms with Gasteiger partial charge < -0.3 is 10.4 Å². The Morgan fingerprint density at radius 3 is 2.21 bits per heavy atom. The number of carboxylic acids is 1. The van der Waals surface area contributed by atoms with Crippen LogP contribution in [0.4, 0.5) is 0 Å². The molecule has 0 atom stereocenters. The van der Waals surface area contributed by atoms with E-state index in [1.54, 1.807) is 24.3 Å². The number of hydrogen-bond acceptors (Lipinski definition) is 2. The second-order valence-corrected chi connectivity index (χ2v) is 6.45. The van der Waals surface area contributed by atoms with Crippen molar-refractivity contribution in [3.05, 3.63) is 71.3 Å². The zero-order valence-corrected chi connectivity index (χ0v) is 13.5. The molecule has 0 spiro atoms. The highest BCUT2D eigenvalue weighted by molar-refractivity contribution is 5.87. The van der Waals surface area contributed by atoms with E-state index in [1.807, 2.05) is 18.2 Å². The maximum atomic E-state index is 12.5. The topological polar surface area (TPSA) is 66.4 Å². The van der Waals surface area contributed by atoms with E-state index in [-0.39, 0.29) is 16.9 Å². The summed E-state index contributed by atoms with van der Waals surface area (Å²) in [6, 6.07) is 16.9. The molecule has 1 aliphatic carbocycles. The summed E-state index contributed by atoms with van der Waals surface area (Å²) in [5, 5.41) is 11.9. The summed E-state index contributed by atoms with van der Waals surface area (Å²) in [6.07, 6.45) is 3.39. The summed E-state index contributed by atoms with van der Waals surface area (Å²) < 4.78 is 0. The molecule has 1 aliphatic rings. The Kier molecular flexibility index (Phi) is 4.65. The van der Waals surface area contributed by atoms with Crippen LogP contribution in [-0.2, 0) is 17.6 Å². The lowest BCUT2D eigenvalue weighted by molar-refractivity contribution is -0.126. The SMILES string of the molecule is O=C(O)c1ccc(CCNC(=O)C2(Cc3ccccc3)CC2)cc1. The molecule has 24 heavy (non-hydrogen) atoms. The van der Waals surface area contributed by atoms with Crippen molar-refractivity contribution in [2.24, 2.45) is 5.41 Å². The minimum atomic E-state index is -0.925. The van der Waals surface area contributed by atoms with Crippen LogP contribution in [0.3, 0.4) is 0 Å². The van der Waals surface area contributed by atoms with E-state index >= 15 is 0 Å². The van der Waals surface area contributed by atoms with Crippen molar-refractivity contribution < 1.29 is 14.7 Å². The highest BCUT2D eigenvalue weighted by atomic mass is 16.4. The molecule has 0 heterocycles. The molecule has 0 aliphatic heterocycles. The molecule has 1 saturated carbocycles. The minimum absolute atomic E-state index is 0.133. The van der Waals surface area contributed by atoms with Crippen LogP contribution in [0.5, 0.6) is 0 Å². The van der Waals surface area contributed by atoms with Gasteiger partial charge in [0.2, 0.25) is 5.91 Å². The molecule has 2 aromatic carbocycles. The molecule has 4 heteroatoms. The van der Waals surface area contributed by atoms with Gasteiger partial charge in [0.25, 0.3) is 0 Å². The second-order valence-electron chi connectivity index (χ2n) is 6.45. The van der Waals surface area contributed by atoms with Crippen LogP contribution in [0.25, 0.3) is 0 Å². The van der Waals surface area contributed by atoms with Crippen LogP contribution in [0, 0.1) is 5.41 Å². The largest absolute Gasteiger partial charge is 0.478 e. The number of carbonyl (C=O) groups excluding carboxylic acids is 1. The fourth-order valence-corrected chi connectivity index (χ4v) is 2.94. The molecule has 1 amide bonds. The molecule has 2 aromatic rings. The number of carboxylic acid groups (broad SMARTS) is 1. The van der Waals surface area contributed by atoms with Crippen molar-refractivity contribution in [2.75, 3.05) is 6.54 Å². The standard InChI is InChI=1S/C20H21NO3/c22-18(23)17-8-6-15(7-9-17)10-13-21-19(24)20(11-12-20)14-16-4-2-1-3-5-16/h1-9H,10-14H2,(H,21,24)(H,22,23). The average molecular weight is 323 g/mol. The van der Waals surface area contributed by atoms with E-state index in [0.29, 0.717) is 13.0 Å². The van der Waals surface area contributed by atoms with Crippen molar-refractivity contribution in [1.82, 2.24) is 5.32 Å². The summed E-state index contributed by atoms with van der Waals surface area (Å²) in [5.41, 5.74) is 2.28. The van der Waals surface area contributed by atoms with Gasteiger partial charge in [-0.25, -0.2) is 4.79 Å². The zero-order valence-electron chi connectivity index (χ0n) is 13.5. The lowest BCUT2D eigenvalue weighted by Gasteiger charge is -2.15. The first-order chi connectivity index (χ1) is 11.6. The molecule has 0 radical (unpaired) electrons. The third-order valence-electron chi connectivity index (χ3n) is 4.62. The number of aromatic carboxylic acids is 1. The lowest BCUT2D eigenvalue weighted by atomic mass is 9.95. The third-order valence-corrected chi connectivity index (χ3v) is 4.62. The van der Waals surface area contributed by atoms with E-state index in [9.17, 15) is 9.59 Å². The molecule has 0 aromatic heterocycles. The van der Waals surface area contributed by atoms with Gasteiger partial charge in [0.05, 0.1) is 11.0 Å². The van der Waals surface area contributed by atoms with E-state index in [1.165, 1.54) is 5.56 Å². The van der Waals surface area contributed by atoms with Gasteiger partial charge in [0.1, 0.15) is 0 Å². The van der Waals surface area contributed by atoms with E-state index in [4.69, 9.17) is 5.11 Å². The van der Waals surface area contributed by atoms with Gasteiger partial charge in [-0.05, 0) is 48.9 Å². The molecule has 3 rings (SSSR count). The molecular formula is C20H21NO3. The maximum Gasteiger partial charge on any atom is 0.335 e. The van der Waals surface area contributed by atoms with Gasteiger partial charge in [-0.1, -0.05) is 42.5 Å². The summed E-state index contributed by atoms with van der Waals surface area (Å²) in [7, 11) is 0. The number of rotatable bonds is 7. The van der Waals surface area contributed by atoms with Gasteiger partial charge in [0, 0.05) is 6.54 Å². The summed E-state index contributed by atoms with van der Waals surface area (Å²) in [6.45, 7) is 0.571. The Morgan fingerprint density at radius 2 is 1.62 bits per heavy atom. The van der Waals surface area contributed by atoms with Crippen LogP contribution in [0.15, 0.2) is 54.6 Å². The quantitative estimate of drug-likeness (QED) is 0.823. The second kappa shape index (κ2) is 6.87. The molecule has 0 saturated heterocycles. The zero-order chi connectivity index (χ0) is 17.0. The summed E-state index contributed by atoms with van der Waals surface area (Å²) >= 11 is 0.